The minimum Gasteiger partial charge on any atom is -0.350 e. The van der Waals surface area contributed by atoms with Gasteiger partial charge < -0.3 is 10.6 Å². The summed E-state index contributed by atoms with van der Waals surface area (Å²) < 4.78 is 0.874. The Morgan fingerprint density at radius 1 is 1.17 bits per heavy atom. The van der Waals surface area contributed by atoms with Crippen LogP contribution in [0, 0.1) is 5.92 Å². The van der Waals surface area contributed by atoms with Gasteiger partial charge in [0.2, 0.25) is 0 Å². The largest absolute Gasteiger partial charge is 0.350 e. The van der Waals surface area contributed by atoms with Gasteiger partial charge in [-0.2, -0.15) is 0 Å². The Kier molecular flexibility index (Phi) is 5.87. The van der Waals surface area contributed by atoms with Crippen molar-refractivity contribution < 1.29 is 9.59 Å². The van der Waals surface area contributed by atoms with Crippen LogP contribution in [0.25, 0.3) is 0 Å². The number of halogens is 1. The van der Waals surface area contributed by atoms with E-state index in [2.05, 4.69) is 31.5 Å². The predicted molar refractivity (Wildman–Crippen MR) is 93.5 cm³/mol. The van der Waals surface area contributed by atoms with Gasteiger partial charge in [-0.05, 0) is 36.2 Å². The topological polar surface area (TPSA) is 71.1 Å². The summed E-state index contributed by atoms with van der Waals surface area (Å²) in [6.07, 6.45) is 1.46. The summed E-state index contributed by atoms with van der Waals surface area (Å²) >= 11 is 3.35. The molecule has 0 saturated heterocycles. The number of amides is 2. The molecule has 0 spiro atoms. The quantitative estimate of drug-likeness (QED) is 0.839. The van der Waals surface area contributed by atoms with E-state index in [0.29, 0.717) is 23.7 Å². The van der Waals surface area contributed by atoms with Crippen LogP contribution in [-0.4, -0.2) is 23.3 Å². The third-order valence-corrected chi connectivity index (χ3v) is 3.50. The van der Waals surface area contributed by atoms with Gasteiger partial charge in [0, 0.05) is 28.5 Å². The molecule has 2 N–H and O–H groups in total. The van der Waals surface area contributed by atoms with Crippen molar-refractivity contribution in [1.82, 2.24) is 10.3 Å². The molecule has 2 aromatic rings. The number of carbonyl (C=O) groups excluding carboxylic acids is 2. The molecule has 0 fully saturated rings. The lowest BCUT2D eigenvalue weighted by atomic mass is 10.2. The van der Waals surface area contributed by atoms with Gasteiger partial charge in [-0.25, -0.2) is 0 Å². The maximum Gasteiger partial charge on any atom is 0.269 e. The summed E-state index contributed by atoms with van der Waals surface area (Å²) in [5.74, 6) is -0.221. The fraction of sp³-hybridized carbons (Fsp3) is 0.235. The summed E-state index contributed by atoms with van der Waals surface area (Å²) in [7, 11) is 0. The summed E-state index contributed by atoms with van der Waals surface area (Å²) in [5.41, 5.74) is 1.29. The zero-order chi connectivity index (χ0) is 16.8. The smallest absolute Gasteiger partial charge is 0.269 e. The number of anilines is 1. The Morgan fingerprint density at radius 3 is 2.65 bits per heavy atom. The fourth-order valence-corrected chi connectivity index (χ4v) is 2.25. The number of carbonyl (C=O) groups is 2. The lowest BCUT2D eigenvalue weighted by Crippen LogP contribution is -2.28. The number of aromatic nitrogens is 1. The highest BCUT2D eigenvalue weighted by Crippen LogP contribution is 2.16. The van der Waals surface area contributed by atoms with Gasteiger partial charge in [0.05, 0.1) is 0 Å². The molecule has 0 atom stereocenters. The third kappa shape index (κ3) is 5.17. The van der Waals surface area contributed by atoms with Crippen molar-refractivity contribution in [3.05, 3.63) is 58.3 Å². The predicted octanol–water partition coefficient (Wildman–Crippen LogP) is 3.48. The molecule has 1 aromatic heterocycles. The molecule has 0 aliphatic rings. The Morgan fingerprint density at radius 2 is 1.96 bits per heavy atom. The number of nitrogens with one attached hydrogen (secondary N) is 2. The van der Waals surface area contributed by atoms with Crippen molar-refractivity contribution in [2.75, 3.05) is 11.9 Å². The number of pyridine rings is 1. The zero-order valence-corrected chi connectivity index (χ0v) is 14.6. The van der Waals surface area contributed by atoms with Crippen LogP contribution in [0.15, 0.2) is 47.1 Å². The standard InChI is InChI=1S/C17H18BrN3O2/c1-11(2)10-20-17(23)15-8-12(6-7-19-15)16(22)21-14-5-3-4-13(18)9-14/h3-9,11H,10H2,1-2H3,(H,20,23)(H,21,22). The van der Waals surface area contributed by atoms with Crippen molar-refractivity contribution in [1.29, 1.82) is 0 Å². The molecule has 2 rings (SSSR count). The van der Waals surface area contributed by atoms with E-state index in [0.717, 1.165) is 4.47 Å². The molecule has 5 nitrogen and oxygen atoms in total. The minimum atomic E-state index is -0.289. The van der Waals surface area contributed by atoms with E-state index in [1.54, 1.807) is 18.2 Å². The van der Waals surface area contributed by atoms with Gasteiger partial charge in [-0.3, -0.25) is 14.6 Å². The first kappa shape index (κ1) is 17.1. The molecular weight excluding hydrogens is 358 g/mol. The van der Waals surface area contributed by atoms with Gasteiger partial charge in [0.1, 0.15) is 5.69 Å². The zero-order valence-electron chi connectivity index (χ0n) is 13.0. The Bertz CT molecular complexity index is 716. The van der Waals surface area contributed by atoms with Crippen LogP contribution in [0.3, 0.4) is 0 Å². The average molecular weight is 376 g/mol. The van der Waals surface area contributed by atoms with E-state index in [1.165, 1.54) is 12.3 Å². The number of rotatable bonds is 5. The Labute approximate surface area is 143 Å². The van der Waals surface area contributed by atoms with Crippen LogP contribution < -0.4 is 10.6 Å². The molecule has 0 saturated carbocycles. The van der Waals surface area contributed by atoms with Gasteiger partial charge in [-0.15, -0.1) is 0 Å². The van der Waals surface area contributed by atoms with Crippen LogP contribution in [-0.2, 0) is 0 Å². The monoisotopic (exact) mass is 375 g/mol. The van der Waals surface area contributed by atoms with Gasteiger partial charge >= 0.3 is 0 Å². The molecule has 120 valence electrons. The highest BCUT2D eigenvalue weighted by Gasteiger charge is 2.12. The first-order valence-electron chi connectivity index (χ1n) is 7.27. The van der Waals surface area contributed by atoms with Gasteiger partial charge in [-0.1, -0.05) is 35.8 Å². The van der Waals surface area contributed by atoms with Crippen LogP contribution in [0.2, 0.25) is 0 Å². The second kappa shape index (κ2) is 7.87. The van der Waals surface area contributed by atoms with Crippen LogP contribution in [0.5, 0.6) is 0 Å². The van der Waals surface area contributed by atoms with Crippen molar-refractivity contribution in [3.63, 3.8) is 0 Å². The Balaban J connectivity index is 2.09. The van der Waals surface area contributed by atoms with Gasteiger partial charge in [0.15, 0.2) is 0 Å². The van der Waals surface area contributed by atoms with Gasteiger partial charge in [0.25, 0.3) is 11.8 Å². The second-order valence-electron chi connectivity index (χ2n) is 5.50. The van der Waals surface area contributed by atoms with E-state index in [4.69, 9.17) is 0 Å². The molecule has 1 heterocycles. The molecule has 0 bridgehead atoms. The summed E-state index contributed by atoms with van der Waals surface area (Å²) in [6, 6.07) is 10.4. The molecule has 1 aromatic carbocycles. The second-order valence-corrected chi connectivity index (χ2v) is 6.41. The number of hydrogen-bond donors (Lipinski definition) is 2. The molecule has 6 heteroatoms. The summed E-state index contributed by atoms with van der Waals surface area (Å²) in [5, 5.41) is 5.57. The summed E-state index contributed by atoms with van der Waals surface area (Å²) in [6.45, 7) is 4.58. The molecular formula is C17H18BrN3O2. The molecule has 0 aliphatic carbocycles. The van der Waals surface area contributed by atoms with E-state index in [1.807, 2.05) is 26.0 Å². The van der Waals surface area contributed by atoms with E-state index >= 15 is 0 Å². The first-order valence-corrected chi connectivity index (χ1v) is 8.06. The number of benzene rings is 1. The average Bonchev–Trinajstić information content (AvgIpc) is 2.52. The molecule has 23 heavy (non-hydrogen) atoms. The lowest BCUT2D eigenvalue weighted by molar-refractivity contribution is 0.0944. The molecule has 2 amide bonds. The highest BCUT2D eigenvalue weighted by atomic mass is 79.9. The summed E-state index contributed by atoms with van der Waals surface area (Å²) in [4.78, 5) is 28.3. The Hall–Kier alpha value is -2.21. The van der Waals surface area contributed by atoms with Crippen molar-refractivity contribution in [2.24, 2.45) is 5.92 Å². The van der Waals surface area contributed by atoms with Crippen LogP contribution in [0.1, 0.15) is 34.7 Å². The third-order valence-electron chi connectivity index (χ3n) is 3.01. The molecule has 0 radical (unpaired) electrons. The highest BCUT2D eigenvalue weighted by molar-refractivity contribution is 9.10. The SMILES string of the molecule is CC(C)CNC(=O)c1cc(C(=O)Nc2cccc(Br)c2)ccn1. The first-order chi connectivity index (χ1) is 11.0. The van der Waals surface area contributed by atoms with Crippen molar-refractivity contribution in [2.45, 2.75) is 13.8 Å². The molecule has 0 unspecified atom stereocenters. The maximum atomic E-state index is 12.3. The maximum absolute atomic E-state index is 12.3. The normalized spacial score (nSPS) is 10.4. The van der Waals surface area contributed by atoms with E-state index in [9.17, 15) is 9.59 Å². The van der Waals surface area contributed by atoms with Crippen molar-refractivity contribution >= 4 is 33.4 Å². The van der Waals surface area contributed by atoms with E-state index in [-0.39, 0.29) is 17.5 Å². The molecule has 0 aliphatic heterocycles. The number of nitrogens with zero attached hydrogens (tertiary/aromatic N) is 1. The van der Waals surface area contributed by atoms with Crippen LogP contribution in [0.4, 0.5) is 5.69 Å². The fourth-order valence-electron chi connectivity index (χ4n) is 1.85. The minimum absolute atomic E-state index is 0.229. The van der Waals surface area contributed by atoms with E-state index < -0.39 is 0 Å². The van der Waals surface area contributed by atoms with Crippen LogP contribution >= 0.6 is 15.9 Å². The number of hydrogen-bond acceptors (Lipinski definition) is 3. The lowest BCUT2D eigenvalue weighted by Gasteiger charge is -2.09. The van der Waals surface area contributed by atoms with Crippen molar-refractivity contribution in [3.8, 4) is 0 Å².